The first-order chi connectivity index (χ1) is 10.3. The van der Waals surface area contributed by atoms with E-state index in [1.807, 2.05) is 0 Å². The Kier molecular flexibility index (Phi) is 3.89. The molecule has 12 heteroatoms. The maximum absolute atomic E-state index is 12.0. The first-order valence-electron chi connectivity index (χ1n) is 5.36. The Morgan fingerprint density at radius 3 is 2.41 bits per heavy atom. The summed E-state index contributed by atoms with van der Waals surface area (Å²) in [4.78, 5) is 23.4. The van der Waals surface area contributed by atoms with Gasteiger partial charge in [-0.3, -0.25) is 9.59 Å². The molecule has 1 N–H and O–H groups in total. The van der Waals surface area contributed by atoms with Gasteiger partial charge >= 0.3 is 5.08 Å². The molecule has 2 aromatic rings. The molecule has 0 amide bonds. The van der Waals surface area contributed by atoms with Crippen LogP contribution in [0.5, 0.6) is 0 Å². The summed E-state index contributed by atoms with van der Waals surface area (Å²) in [5.74, 6) is 0. The molecule has 0 aliphatic heterocycles. The van der Waals surface area contributed by atoms with Gasteiger partial charge in [0.15, 0.2) is 15.8 Å². The summed E-state index contributed by atoms with van der Waals surface area (Å²) in [5.41, 5.74) is 4.42. The molecule has 22 heavy (non-hydrogen) atoms. The second-order valence-corrected chi connectivity index (χ2v) is 6.40. The van der Waals surface area contributed by atoms with Crippen LogP contribution in [-0.2, 0) is 9.05 Å². The monoisotopic (exact) mass is 339 g/mol. The van der Waals surface area contributed by atoms with E-state index in [4.69, 9.17) is 21.6 Å². The number of rotatable bonds is 2. The van der Waals surface area contributed by atoms with Crippen LogP contribution in [0.4, 0.5) is 0 Å². The Morgan fingerprint density at radius 1 is 1.18 bits per heavy atom. The zero-order valence-electron chi connectivity index (χ0n) is 10.4. The number of diazo groups is 1. The molecule has 0 bridgehead atoms. The van der Waals surface area contributed by atoms with E-state index in [0.29, 0.717) is 0 Å². The van der Waals surface area contributed by atoms with Crippen molar-refractivity contribution in [2.45, 2.75) is 4.90 Å². The Labute approximate surface area is 125 Å². The van der Waals surface area contributed by atoms with Gasteiger partial charge in [0, 0.05) is 21.5 Å². The highest BCUT2D eigenvalue weighted by Gasteiger charge is 2.21. The zero-order chi connectivity index (χ0) is 16.5. The highest BCUT2D eigenvalue weighted by Crippen LogP contribution is 2.20. The van der Waals surface area contributed by atoms with E-state index in [-0.39, 0.29) is 10.8 Å². The molecule has 0 aliphatic rings. The number of hydrogen-bond acceptors (Lipinski definition) is 8. The van der Waals surface area contributed by atoms with Crippen LogP contribution in [0.1, 0.15) is 0 Å². The third kappa shape index (κ3) is 2.41. The molecular weight excluding hydrogens is 336 g/mol. The highest BCUT2D eigenvalue weighted by molar-refractivity contribution is 8.14. The summed E-state index contributed by atoms with van der Waals surface area (Å²) in [6.07, 6.45) is 0. The minimum atomic E-state index is -4.30. The minimum Gasteiger partial charge on any atom is -0.285 e. The van der Waals surface area contributed by atoms with Crippen molar-refractivity contribution < 1.29 is 8.42 Å². The average molecular weight is 340 g/mol. The number of nitrogens with one attached hydrogen (secondary N) is 1. The van der Waals surface area contributed by atoms with Gasteiger partial charge in [-0.25, -0.2) is 8.42 Å². The largest absolute Gasteiger partial charge is 0.339 e. The molecule has 2 rings (SSSR count). The van der Waals surface area contributed by atoms with Crippen molar-refractivity contribution in [3.05, 3.63) is 54.4 Å². The van der Waals surface area contributed by atoms with E-state index in [1.54, 1.807) is 0 Å². The summed E-state index contributed by atoms with van der Waals surface area (Å²) in [6, 6.07) is 3.47. The van der Waals surface area contributed by atoms with E-state index in [1.165, 1.54) is 12.1 Å². The third-order valence-corrected chi connectivity index (χ3v) is 4.07. The quantitative estimate of drug-likeness (QED) is 0.265. The summed E-state index contributed by atoms with van der Waals surface area (Å²) >= 11 is 0. The molecule has 110 valence electrons. The molecule has 0 aliphatic carbocycles. The number of benzene rings is 2. The van der Waals surface area contributed by atoms with Crippen molar-refractivity contribution in [2.24, 2.45) is 15.4 Å². The van der Waals surface area contributed by atoms with Gasteiger partial charge in [0.05, 0.1) is 4.90 Å². The second-order valence-electron chi connectivity index (χ2n) is 3.86. The standard InChI is InChI=1S/C10H4ClN6O4S/c11-22(20,21)5-3-1-2-4-6(5)7(14-16-12)8(15-17-13)10(19)9(4)18/h1-3,13H/q+1. The molecule has 0 saturated heterocycles. The second kappa shape index (κ2) is 5.51. The van der Waals surface area contributed by atoms with Gasteiger partial charge in [0.2, 0.25) is 5.43 Å². The fourth-order valence-corrected chi connectivity index (χ4v) is 2.99. The van der Waals surface area contributed by atoms with Crippen molar-refractivity contribution in [2.75, 3.05) is 0 Å². The Hall–Kier alpha value is -2.84. The van der Waals surface area contributed by atoms with E-state index in [9.17, 15) is 18.0 Å². The van der Waals surface area contributed by atoms with Crippen LogP contribution >= 0.6 is 10.7 Å². The smallest absolute Gasteiger partial charge is 0.285 e. The van der Waals surface area contributed by atoms with Crippen LogP contribution in [0, 0.1) is 10.9 Å². The summed E-state index contributed by atoms with van der Waals surface area (Å²) < 4.78 is 23.3. The highest BCUT2D eigenvalue weighted by atomic mass is 35.7. The topological polar surface area (TPSA) is 157 Å². The van der Waals surface area contributed by atoms with Crippen molar-refractivity contribution in [3.8, 4) is 0 Å². The number of halogens is 1. The van der Waals surface area contributed by atoms with E-state index >= 15 is 0 Å². The van der Waals surface area contributed by atoms with Crippen LogP contribution in [0.15, 0.2) is 48.1 Å². The molecule has 0 atom stereocenters. The zero-order valence-corrected chi connectivity index (χ0v) is 12.0. The lowest BCUT2D eigenvalue weighted by molar-refractivity contribution is 0.610. The maximum Gasteiger partial charge on any atom is 0.339 e. The van der Waals surface area contributed by atoms with Gasteiger partial charge in [0.1, 0.15) is 0 Å². The van der Waals surface area contributed by atoms with Crippen LogP contribution in [0.2, 0.25) is 0 Å². The Balaban J connectivity index is 3.46. The van der Waals surface area contributed by atoms with Gasteiger partial charge in [-0.15, -0.1) is 5.10 Å². The Morgan fingerprint density at radius 2 is 1.86 bits per heavy atom. The molecule has 0 spiro atoms. The average Bonchev–Trinajstić information content (AvgIpc) is 2.46. The number of hydrogen-bond donors (Lipinski definition) is 1. The molecule has 10 nitrogen and oxygen atoms in total. The lowest BCUT2D eigenvalue weighted by Crippen LogP contribution is -2.48. The first kappa shape index (κ1) is 15.5. The van der Waals surface area contributed by atoms with Gasteiger partial charge < -0.3 is 0 Å². The fraction of sp³-hybridized carbons (Fsp3) is 0. The van der Waals surface area contributed by atoms with Crippen molar-refractivity contribution in [1.82, 2.24) is 0 Å². The van der Waals surface area contributed by atoms with Crippen molar-refractivity contribution >= 4 is 30.5 Å². The number of nitrogens with zero attached hydrogens (tertiary/aromatic N) is 5. The third-order valence-electron chi connectivity index (χ3n) is 2.71. The lowest BCUT2D eigenvalue weighted by atomic mass is 10.1. The van der Waals surface area contributed by atoms with E-state index in [2.05, 4.69) is 20.5 Å². The Bertz CT molecular complexity index is 1170. The first-order valence-corrected chi connectivity index (χ1v) is 7.67. The number of fused-ring (bicyclic) bond motifs is 1. The summed E-state index contributed by atoms with van der Waals surface area (Å²) in [6.45, 7) is 0. The van der Waals surface area contributed by atoms with Gasteiger partial charge in [-0.2, -0.15) is 5.53 Å². The van der Waals surface area contributed by atoms with Crippen LogP contribution < -0.4 is 21.6 Å². The molecule has 0 unspecified atom stereocenters. The van der Waals surface area contributed by atoms with Crippen LogP contribution in [0.3, 0.4) is 0 Å². The van der Waals surface area contributed by atoms with E-state index in [0.717, 1.165) is 6.07 Å². The van der Waals surface area contributed by atoms with Crippen LogP contribution in [0.25, 0.3) is 15.9 Å². The van der Waals surface area contributed by atoms with Crippen molar-refractivity contribution in [1.29, 1.82) is 10.9 Å². The summed E-state index contributed by atoms with van der Waals surface area (Å²) in [7, 11) is 0.995. The van der Waals surface area contributed by atoms with Gasteiger partial charge in [-0.1, -0.05) is 17.4 Å². The summed E-state index contributed by atoms with van der Waals surface area (Å²) in [5, 5.41) is 18.2. The molecule has 2 aromatic carbocycles. The molecular formula is C10H4ClN6O4S+. The molecule has 0 radical (unpaired) electrons. The molecule has 0 saturated carbocycles. The van der Waals surface area contributed by atoms with E-state index < -0.39 is 35.5 Å². The van der Waals surface area contributed by atoms with Crippen molar-refractivity contribution in [3.63, 3.8) is 0 Å². The van der Waals surface area contributed by atoms with Crippen LogP contribution in [-0.4, -0.2) is 8.42 Å². The van der Waals surface area contributed by atoms with Gasteiger partial charge in [0.25, 0.3) is 19.9 Å². The molecule has 0 heterocycles. The SMILES string of the molecule is N#[N+]N=c1c(=NN=N)c(=O)c(=O)c2cccc(S(=O)(=O)Cl)c12. The predicted octanol–water partition coefficient (Wildman–Crippen LogP) is -0.121. The van der Waals surface area contributed by atoms with Gasteiger partial charge in [-0.05, 0) is 6.07 Å². The molecule has 0 aromatic heterocycles. The lowest BCUT2D eigenvalue weighted by Gasteiger charge is -2.01. The fourth-order valence-electron chi connectivity index (χ4n) is 1.91. The molecule has 0 fully saturated rings. The maximum atomic E-state index is 12.0. The predicted molar refractivity (Wildman–Crippen MR) is 73.3 cm³/mol. The minimum absolute atomic E-state index is 0.293. The normalized spacial score (nSPS) is 13.3.